The summed E-state index contributed by atoms with van der Waals surface area (Å²) in [5.41, 5.74) is 3.14. The van der Waals surface area contributed by atoms with Gasteiger partial charge in [0.15, 0.2) is 0 Å². The zero-order valence-corrected chi connectivity index (χ0v) is 26.0. The minimum Gasteiger partial charge on any atom is -0.444 e. The molecular weight excluding hydrogens is 590 g/mol. The monoisotopic (exact) mass is 623 g/mol. The number of fused-ring (bicyclic) bond motifs is 1. The number of hydrogen-bond donors (Lipinski definition) is 3. The van der Waals surface area contributed by atoms with E-state index < -0.39 is 15.6 Å². The minimum absolute atomic E-state index is 0.0221. The van der Waals surface area contributed by atoms with Crippen LogP contribution >= 0.6 is 11.6 Å². The lowest BCUT2D eigenvalue weighted by atomic mass is 9.91. The van der Waals surface area contributed by atoms with E-state index in [9.17, 15) is 13.2 Å². The summed E-state index contributed by atoms with van der Waals surface area (Å²) in [5.74, 6) is 0.695. The summed E-state index contributed by atoms with van der Waals surface area (Å²) in [5, 5.41) is 6.52. The highest BCUT2D eigenvalue weighted by molar-refractivity contribution is 7.92. The lowest BCUT2D eigenvalue weighted by Gasteiger charge is -2.30. The first-order valence-corrected chi connectivity index (χ1v) is 15.9. The van der Waals surface area contributed by atoms with Gasteiger partial charge in [-0.05, 0) is 89.3 Å². The number of aryl methyl sites for hydroxylation is 1. The highest BCUT2D eigenvalue weighted by atomic mass is 35.5. The van der Waals surface area contributed by atoms with Crippen LogP contribution in [0.2, 0.25) is 5.02 Å². The molecule has 3 aromatic heterocycles. The fourth-order valence-corrected chi connectivity index (χ4v) is 6.43. The van der Waals surface area contributed by atoms with Gasteiger partial charge in [0.25, 0.3) is 10.0 Å². The number of nitrogens with zero attached hydrogens (tertiary/aromatic N) is 4. The van der Waals surface area contributed by atoms with Crippen molar-refractivity contribution in [2.45, 2.75) is 76.0 Å². The number of ether oxygens (including phenoxy) is 1. The lowest BCUT2D eigenvalue weighted by molar-refractivity contribution is 0.0492. The molecule has 0 aliphatic heterocycles. The van der Waals surface area contributed by atoms with Crippen LogP contribution in [0.5, 0.6) is 0 Å². The first kappa shape index (κ1) is 30.4. The average molecular weight is 624 g/mol. The van der Waals surface area contributed by atoms with Gasteiger partial charge >= 0.3 is 6.09 Å². The molecule has 4 aromatic rings. The second-order valence-electron chi connectivity index (χ2n) is 11.6. The van der Waals surface area contributed by atoms with Crippen molar-refractivity contribution in [3.05, 3.63) is 65.4 Å². The molecule has 0 saturated heterocycles. The highest BCUT2D eigenvalue weighted by Gasteiger charge is 2.25. The Kier molecular flexibility index (Phi) is 8.70. The molecule has 0 atom stereocenters. The maximum atomic E-state index is 12.7. The van der Waals surface area contributed by atoms with Crippen molar-refractivity contribution in [2.24, 2.45) is 0 Å². The fraction of sp³-hybridized carbons (Fsp3) is 0.367. The number of alkyl carbamates (subject to hydrolysis) is 1. The van der Waals surface area contributed by atoms with E-state index in [1.807, 2.05) is 33.8 Å². The van der Waals surface area contributed by atoms with Gasteiger partial charge in [-0.25, -0.2) is 33.1 Å². The second kappa shape index (κ2) is 12.3. The molecule has 0 spiro atoms. The van der Waals surface area contributed by atoms with Gasteiger partial charge in [-0.2, -0.15) is 0 Å². The fourth-order valence-electron chi connectivity index (χ4n) is 4.90. The van der Waals surface area contributed by atoms with E-state index in [4.69, 9.17) is 26.3 Å². The molecule has 0 unspecified atom stereocenters. The summed E-state index contributed by atoms with van der Waals surface area (Å²) in [6, 6.07) is 11.7. The predicted octanol–water partition coefficient (Wildman–Crippen LogP) is 6.10. The summed E-state index contributed by atoms with van der Waals surface area (Å²) >= 11 is 6.06. The molecule has 1 amide bonds. The van der Waals surface area contributed by atoms with Gasteiger partial charge in [-0.1, -0.05) is 23.7 Å². The number of sulfonamides is 1. The number of hydrogen-bond acceptors (Lipinski definition) is 9. The number of halogens is 1. The quantitative estimate of drug-likeness (QED) is 0.222. The van der Waals surface area contributed by atoms with Crippen molar-refractivity contribution in [1.29, 1.82) is 0 Å². The van der Waals surface area contributed by atoms with Crippen LogP contribution < -0.4 is 15.4 Å². The Bertz CT molecular complexity index is 1740. The van der Waals surface area contributed by atoms with E-state index >= 15 is 0 Å². The zero-order valence-electron chi connectivity index (χ0n) is 24.4. The average Bonchev–Trinajstić information content (AvgIpc) is 2.94. The third kappa shape index (κ3) is 7.68. The number of carbonyl (C=O) groups is 1. The molecule has 226 valence electrons. The molecular formula is C30H34ClN7O4S. The van der Waals surface area contributed by atoms with Gasteiger partial charge in [0.1, 0.15) is 21.8 Å². The Morgan fingerprint density at radius 1 is 0.977 bits per heavy atom. The smallest absolute Gasteiger partial charge is 0.407 e. The number of carbonyl (C=O) groups excluding carboxylic acids is 1. The maximum absolute atomic E-state index is 12.7. The van der Waals surface area contributed by atoms with Crippen LogP contribution in [0.15, 0.2) is 59.8 Å². The molecule has 13 heteroatoms. The van der Waals surface area contributed by atoms with Gasteiger partial charge in [-0.3, -0.25) is 4.72 Å². The number of pyridine rings is 2. The minimum atomic E-state index is -3.89. The van der Waals surface area contributed by atoms with Crippen LogP contribution in [-0.4, -0.2) is 52.1 Å². The van der Waals surface area contributed by atoms with E-state index in [1.165, 1.54) is 12.1 Å². The molecule has 3 N–H and O–H groups in total. The molecule has 1 aliphatic rings. The van der Waals surface area contributed by atoms with Crippen LogP contribution in [0.4, 0.5) is 16.6 Å². The molecule has 1 saturated carbocycles. The molecule has 43 heavy (non-hydrogen) atoms. The standard InChI is InChI=1S/C30H34ClN7O4S/c1-18-15-23(19-9-14-26(32-16-19)38-43(40,41)25-8-6-5-7-22(25)31)36-24-17-33-28(37-27(18)24)34-20-10-12-21(13-11-20)35-29(39)42-30(2,3)4/h5-9,14-17,20-21H,10-13H2,1-4H3,(H,32,38)(H,35,39)(H,33,34,37). The maximum Gasteiger partial charge on any atom is 0.407 e. The summed E-state index contributed by atoms with van der Waals surface area (Å²) in [7, 11) is -3.89. The number of nitrogens with one attached hydrogen (secondary N) is 3. The first-order valence-electron chi connectivity index (χ1n) is 14.0. The van der Waals surface area contributed by atoms with Gasteiger partial charge in [0.05, 0.1) is 22.4 Å². The number of benzene rings is 1. The zero-order chi connectivity index (χ0) is 30.8. The predicted molar refractivity (Wildman–Crippen MR) is 167 cm³/mol. The van der Waals surface area contributed by atoms with E-state index in [2.05, 4.69) is 25.3 Å². The third-order valence-corrected chi connectivity index (χ3v) is 8.80. The Labute approximate surface area is 255 Å². The number of aromatic nitrogens is 4. The van der Waals surface area contributed by atoms with Crippen LogP contribution in [0.1, 0.15) is 52.0 Å². The molecule has 0 bridgehead atoms. The summed E-state index contributed by atoms with van der Waals surface area (Å²) in [6.45, 7) is 7.51. The van der Waals surface area contributed by atoms with Crippen LogP contribution in [0, 0.1) is 6.92 Å². The largest absolute Gasteiger partial charge is 0.444 e. The molecule has 5 rings (SSSR count). The van der Waals surface area contributed by atoms with Crippen LogP contribution in [-0.2, 0) is 14.8 Å². The van der Waals surface area contributed by atoms with E-state index in [1.54, 1.807) is 36.7 Å². The summed E-state index contributed by atoms with van der Waals surface area (Å²) in [6.07, 6.45) is 6.28. The Hall–Kier alpha value is -4.03. The molecule has 11 nitrogen and oxygen atoms in total. The highest BCUT2D eigenvalue weighted by Crippen LogP contribution is 2.27. The Balaban J connectivity index is 1.22. The Morgan fingerprint density at radius 3 is 2.37 bits per heavy atom. The van der Waals surface area contributed by atoms with Gasteiger partial charge in [-0.15, -0.1) is 0 Å². The van der Waals surface area contributed by atoms with Gasteiger partial charge < -0.3 is 15.4 Å². The third-order valence-electron chi connectivity index (χ3n) is 6.94. The van der Waals surface area contributed by atoms with Gasteiger partial charge in [0.2, 0.25) is 5.95 Å². The molecule has 1 fully saturated rings. The lowest BCUT2D eigenvalue weighted by Crippen LogP contribution is -2.42. The number of anilines is 2. The van der Waals surface area contributed by atoms with Crippen molar-refractivity contribution in [3.63, 3.8) is 0 Å². The van der Waals surface area contributed by atoms with Crippen LogP contribution in [0.25, 0.3) is 22.3 Å². The Morgan fingerprint density at radius 2 is 1.70 bits per heavy atom. The van der Waals surface area contributed by atoms with E-state index in [0.29, 0.717) is 22.7 Å². The second-order valence-corrected chi connectivity index (χ2v) is 13.6. The SMILES string of the molecule is Cc1cc(-c2ccc(NS(=O)(=O)c3ccccc3Cl)nc2)nc2cnc(NC3CCC(NC(=O)OC(C)(C)C)CC3)nc12. The summed E-state index contributed by atoms with van der Waals surface area (Å²) in [4.78, 5) is 30.3. The molecule has 1 aromatic carbocycles. The van der Waals surface area contributed by atoms with E-state index in [-0.39, 0.29) is 33.9 Å². The number of amides is 1. The van der Waals surface area contributed by atoms with Crippen molar-refractivity contribution >= 4 is 50.5 Å². The normalized spacial score (nSPS) is 17.3. The summed E-state index contributed by atoms with van der Waals surface area (Å²) < 4.78 is 33.3. The first-order chi connectivity index (χ1) is 20.4. The van der Waals surface area contributed by atoms with Crippen molar-refractivity contribution in [3.8, 4) is 11.3 Å². The van der Waals surface area contributed by atoms with Crippen molar-refractivity contribution in [2.75, 3.05) is 10.0 Å². The number of rotatable bonds is 7. The van der Waals surface area contributed by atoms with Crippen molar-refractivity contribution in [1.82, 2.24) is 25.3 Å². The van der Waals surface area contributed by atoms with Crippen LogP contribution in [0.3, 0.4) is 0 Å². The topological polar surface area (TPSA) is 148 Å². The molecule has 0 radical (unpaired) electrons. The van der Waals surface area contributed by atoms with Gasteiger partial charge in [0, 0.05) is 23.8 Å². The molecule has 3 heterocycles. The van der Waals surface area contributed by atoms with Crippen molar-refractivity contribution < 1.29 is 17.9 Å². The van der Waals surface area contributed by atoms with E-state index in [0.717, 1.165) is 36.8 Å². The molecule has 1 aliphatic carbocycles.